The van der Waals surface area contributed by atoms with Gasteiger partial charge in [0.05, 0.1) is 39.1 Å². The monoisotopic (exact) mass is 537 g/mol. The third-order valence-electron chi connectivity index (χ3n) is 5.48. The van der Waals surface area contributed by atoms with E-state index in [4.69, 9.17) is 11.6 Å². The van der Waals surface area contributed by atoms with Crippen molar-refractivity contribution in [2.45, 2.75) is 30.4 Å². The van der Waals surface area contributed by atoms with E-state index < -0.39 is 27.9 Å². The van der Waals surface area contributed by atoms with Crippen LogP contribution in [0.4, 0.5) is 11.4 Å². The maximum Gasteiger partial charge on any atom is 0.277 e. The van der Waals surface area contributed by atoms with Crippen LogP contribution in [0.3, 0.4) is 0 Å². The number of phenolic OH excluding ortho intramolecular Hbond substituents is 1. The quantitative estimate of drug-likeness (QED) is 0.279. The molecular weight excluding hydrogens is 514 g/mol. The maximum absolute atomic E-state index is 13.0. The number of anilines is 2. The predicted octanol–water partition coefficient (Wildman–Crippen LogP) is 4.71. The Balaban J connectivity index is 1.47. The highest BCUT2D eigenvalue weighted by molar-refractivity contribution is 7.86. The topological polar surface area (TPSA) is 126 Å². The van der Waals surface area contributed by atoms with Gasteiger partial charge in [0.2, 0.25) is 5.91 Å². The number of hydrogen-bond donors (Lipinski definition) is 3. The van der Waals surface area contributed by atoms with E-state index in [9.17, 15) is 18.9 Å². The van der Waals surface area contributed by atoms with Crippen LogP contribution in [-0.2, 0) is 15.6 Å². The zero-order chi connectivity index (χ0) is 26.5. The van der Waals surface area contributed by atoms with Crippen LogP contribution < -0.4 is 10.6 Å². The predicted molar refractivity (Wildman–Crippen MR) is 143 cm³/mol. The summed E-state index contributed by atoms with van der Waals surface area (Å²) >= 11 is 6.34. The first-order valence-corrected chi connectivity index (χ1v) is 13.0. The fourth-order valence-electron chi connectivity index (χ4n) is 3.57. The number of benzene rings is 3. The van der Waals surface area contributed by atoms with Gasteiger partial charge in [0.15, 0.2) is 5.69 Å². The van der Waals surface area contributed by atoms with Gasteiger partial charge < -0.3 is 15.7 Å². The average molecular weight is 538 g/mol. The number of halogens is 1. The third-order valence-corrected chi connectivity index (χ3v) is 7.58. The molecule has 0 aliphatic carbocycles. The molecule has 3 N–H and O–H groups in total. The number of nitrogens with zero attached hydrogens (tertiary/aromatic N) is 3. The van der Waals surface area contributed by atoms with Gasteiger partial charge in [-0.15, -0.1) is 5.10 Å². The van der Waals surface area contributed by atoms with Crippen molar-refractivity contribution in [1.82, 2.24) is 15.0 Å². The number of carbonyl (C=O) groups excluding carboxylic acids is 2. The second kappa shape index (κ2) is 11.4. The molecule has 4 aromatic rings. The minimum Gasteiger partial charge on any atom is -0.506 e. The van der Waals surface area contributed by atoms with Crippen molar-refractivity contribution in [1.29, 1.82) is 0 Å². The molecule has 2 amide bonds. The van der Waals surface area contributed by atoms with E-state index in [0.29, 0.717) is 11.3 Å². The van der Waals surface area contributed by atoms with Crippen LogP contribution >= 0.6 is 11.6 Å². The summed E-state index contributed by atoms with van der Waals surface area (Å²) in [6.45, 7) is 3.65. The third kappa shape index (κ3) is 6.04. The normalized spacial score (nSPS) is 12.5. The summed E-state index contributed by atoms with van der Waals surface area (Å²) in [4.78, 5) is 26.2. The Morgan fingerprint density at radius 2 is 1.81 bits per heavy atom. The first kappa shape index (κ1) is 26.1. The van der Waals surface area contributed by atoms with Crippen molar-refractivity contribution in [3.05, 3.63) is 89.2 Å². The van der Waals surface area contributed by atoms with Crippen molar-refractivity contribution >= 4 is 45.6 Å². The first-order chi connectivity index (χ1) is 17.8. The number of aromatic hydroxyl groups is 1. The molecule has 0 saturated carbocycles. The van der Waals surface area contributed by atoms with E-state index >= 15 is 0 Å². The standard InChI is InChI=1S/C26H24ClN5O4S/c1-3-24(37(36)18-11-7-8-16(2)12-18)26(35)28-20-14-23(33)21(13-19(20)27)29-25(34)22-15-32(31-30-22)17-9-5-4-6-10-17/h4-15,24,33H,3H2,1-2H3,(H,28,35)(H,29,34). The average Bonchev–Trinajstić information content (AvgIpc) is 3.38. The molecule has 0 bridgehead atoms. The molecule has 37 heavy (non-hydrogen) atoms. The summed E-state index contributed by atoms with van der Waals surface area (Å²) in [5.41, 5.74) is 1.85. The van der Waals surface area contributed by atoms with Gasteiger partial charge >= 0.3 is 0 Å². The first-order valence-electron chi connectivity index (χ1n) is 11.4. The van der Waals surface area contributed by atoms with Gasteiger partial charge in [0.1, 0.15) is 11.0 Å². The SMILES string of the molecule is CCC(C(=O)Nc1cc(O)c(NC(=O)c2cn(-c3ccccc3)nn2)cc1Cl)S(=O)c1cccc(C)c1. The Morgan fingerprint density at radius 3 is 2.51 bits per heavy atom. The summed E-state index contributed by atoms with van der Waals surface area (Å²) in [5, 5.41) is 22.7. The van der Waals surface area contributed by atoms with Crippen molar-refractivity contribution in [3.8, 4) is 11.4 Å². The van der Waals surface area contributed by atoms with E-state index in [1.807, 2.05) is 43.3 Å². The summed E-state index contributed by atoms with van der Waals surface area (Å²) in [5.74, 6) is -1.43. The van der Waals surface area contributed by atoms with Crippen LogP contribution in [0.15, 0.2) is 77.8 Å². The number of nitrogens with one attached hydrogen (secondary N) is 2. The second-order valence-corrected chi connectivity index (χ2v) is 10.2. The Hall–Kier alpha value is -4.02. The summed E-state index contributed by atoms with van der Waals surface area (Å²) in [6.07, 6.45) is 1.78. The van der Waals surface area contributed by atoms with E-state index in [2.05, 4.69) is 20.9 Å². The van der Waals surface area contributed by atoms with Crippen LogP contribution in [0.5, 0.6) is 5.75 Å². The van der Waals surface area contributed by atoms with Gasteiger partial charge in [-0.05, 0) is 49.2 Å². The van der Waals surface area contributed by atoms with E-state index in [-0.39, 0.29) is 27.8 Å². The molecule has 1 aromatic heterocycles. The molecule has 4 rings (SSSR count). The van der Waals surface area contributed by atoms with E-state index in [1.54, 1.807) is 25.1 Å². The molecule has 2 unspecified atom stereocenters. The minimum atomic E-state index is -1.58. The van der Waals surface area contributed by atoms with Gasteiger partial charge in [0, 0.05) is 11.0 Å². The van der Waals surface area contributed by atoms with Gasteiger partial charge in [-0.25, -0.2) is 4.68 Å². The number of hydrogen-bond acceptors (Lipinski definition) is 6. The molecule has 0 saturated heterocycles. The number of aryl methyl sites for hydroxylation is 1. The smallest absolute Gasteiger partial charge is 0.277 e. The number of carbonyl (C=O) groups is 2. The lowest BCUT2D eigenvalue weighted by Crippen LogP contribution is -2.31. The fraction of sp³-hybridized carbons (Fsp3) is 0.154. The second-order valence-electron chi connectivity index (χ2n) is 8.19. The van der Waals surface area contributed by atoms with Gasteiger partial charge in [-0.3, -0.25) is 13.8 Å². The van der Waals surface area contributed by atoms with Crippen molar-refractivity contribution in [3.63, 3.8) is 0 Å². The summed E-state index contributed by atoms with van der Waals surface area (Å²) < 4.78 is 14.5. The molecule has 190 valence electrons. The van der Waals surface area contributed by atoms with Gasteiger partial charge in [0.25, 0.3) is 5.91 Å². The van der Waals surface area contributed by atoms with E-state index in [0.717, 1.165) is 11.3 Å². The highest BCUT2D eigenvalue weighted by atomic mass is 35.5. The van der Waals surface area contributed by atoms with Crippen LogP contribution in [-0.4, -0.2) is 41.4 Å². The summed E-state index contributed by atoms with van der Waals surface area (Å²) in [6, 6.07) is 18.9. The molecule has 0 fully saturated rings. The maximum atomic E-state index is 13.0. The minimum absolute atomic E-state index is 0.0256. The van der Waals surface area contributed by atoms with Crippen molar-refractivity contribution < 1.29 is 18.9 Å². The lowest BCUT2D eigenvalue weighted by atomic mass is 10.2. The number of rotatable bonds is 8. The highest BCUT2D eigenvalue weighted by Gasteiger charge is 2.26. The van der Waals surface area contributed by atoms with Crippen LogP contribution in [0.1, 0.15) is 29.4 Å². The number of phenols is 1. The molecule has 0 spiro atoms. The molecule has 0 aliphatic rings. The molecule has 11 heteroatoms. The lowest BCUT2D eigenvalue weighted by molar-refractivity contribution is -0.115. The Kier molecular flexibility index (Phi) is 8.00. The van der Waals surface area contributed by atoms with Crippen molar-refractivity contribution in [2.24, 2.45) is 0 Å². The molecular formula is C26H24ClN5O4S. The van der Waals surface area contributed by atoms with Crippen LogP contribution in [0.2, 0.25) is 5.02 Å². The van der Waals surface area contributed by atoms with E-state index in [1.165, 1.54) is 23.0 Å². The molecule has 2 atom stereocenters. The van der Waals surface area contributed by atoms with Crippen LogP contribution in [0, 0.1) is 6.92 Å². The fourth-order valence-corrected chi connectivity index (χ4v) is 5.18. The molecule has 3 aromatic carbocycles. The molecule has 1 heterocycles. The van der Waals surface area contributed by atoms with Gasteiger partial charge in [-0.1, -0.05) is 54.1 Å². The largest absolute Gasteiger partial charge is 0.506 e. The highest BCUT2D eigenvalue weighted by Crippen LogP contribution is 2.34. The Labute approximate surface area is 220 Å². The molecule has 9 nitrogen and oxygen atoms in total. The van der Waals surface area contributed by atoms with Crippen molar-refractivity contribution in [2.75, 3.05) is 10.6 Å². The Bertz CT molecular complexity index is 1480. The summed E-state index contributed by atoms with van der Waals surface area (Å²) in [7, 11) is -1.58. The number of amides is 2. The zero-order valence-corrected chi connectivity index (χ0v) is 21.6. The van der Waals surface area contributed by atoms with Gasteiger partial charge in [-0.2, -0.15) is 0 Å². The molecule has 0 radical (unpaired) electrons. The zero-order valence-electron chi connectivity index (χ0n) is 20.0. The number of para-hydroxylation sites is 1. The number of aromatic nitrogens is 3. The lowest BCUT2D eigenvalue weighted by Gasteiger charge is -2.17. The van der Waals surface area contributed by atoms with Crippen LogP contribution in [0.25, 0.3) is 5.69 Å². The molecule has 0 aliphatic heterocycles. The Morgan fingerprint density at radius 1 is 1.05 bits per heavy atom.